The van der Waals surface area contributed by atoms with Crippen molar-refractivity contribution in [1.29, 1.82) is 0 Å². The van der Waals surface area contributed by atoms with E-state index >= 15 is 0 Å². The molecule has 0 saturated carbocycles. The first kappa shape index (κ1) is 15.5. The Morgan fingerprint density at radius 2 is 1.62 bits per heavy atom. The molecule has 2 nitrogen and oxygen atoms in total. The highest BCUT2D eigenvalue weighted by molar-refractivity contribution is 6.33. The molecule has 0 aliphatic carbocycles. The van der Waals surface area contributed by atoms with Crippen molar-refractivity contribution in [2.75, 3.05) is 19.0 Å². The summed E-state index contributed by atoms with van der Waals surface area (Å²) in [6.45, 7) is 0. The van der Waals surface area contributed by atoms with Crippen LogP contribution in [0.1, 0.15) is 0 Å². The Hall–Kier alpha value is -1.88. The van der Waals surface area contributed by atoms with E-state index in [0.29, 0.717) is 5.02 Å². The molecule has 0 aliphatic rings. The maximum Gasteiger partial charge on any atom is 0.573 e. The van der Waals surface area contributed by atoms with Crippen LogP contribution in [0.4, 0.5) is 18.9 Å². The third kappa shape index (κ3) is 4.04. The number of rotatable bonds is 3. The zero-order valence-electron chi connectivity index (χ0n) is 11.4. The summed E-state index contributed by atoms with van der Waals surface area (Å²) in [5.74, 6) is -0.258. The molecule has 0 atom stereocenters. The van der Waals surface area contributed by atoms with Gasteiger partial charge in [0.15, 0.2) is 0 Å². The van der Waals surface area contributed by atoms with Crippen LogP contribution in [0.2, 0.25) is 5.02 Å². The van der Waals surface area contributed by atoms with E-state index in [9.17, 15) is 13.2 Å². The predicted octanol–water partition coefficient (Wildman–Crippen LogP) is 4.97. The van der Waals surface area contributed by atoms with Crippen LogP contribution < -0.4 is 9.64 Å². The van der Waals surface area contributed by atoms with Gasteiger partial charge in [0.25, 0.3) is 0 Å². The van der Waals surface area contributed by atoms with Crippen LogP contribution >= 0.6 is 11.6 Å². The number of nitrogens with zero attached hydrogens (tertiary/aromatic N) is 1. The predicted molar refractivity (Wildman–Crippen MR) is 77.9 cm³/mol. The molecule has 6 heteroatoms. The molecule has 2 aromatic carbocycles. The van der Waals surface area contributed by atoms with Gasteiger partial charge in [-0.25, -0.2) is 0 Å². The van der Waals surface area contributed by atoms with Crippen molar-refractivity contribution in [1.82, 2.24) is 0 Å². The molecule has 21 heavy (non-hydrogen) atoms. The number of hydrogen-bond acceptors (Lipinski definition) is 2. The molecule has 0 amide bonds. The van der Waals surface area contributed by atoms with E-state index in [4.69, 9.17) is 11.6 Å². The first-order valence-electron chi connectivity index (χ1n) is 6.09. The third-order valence-electron chi connectivity index (χ3n) is 2.87. The summed E-state index contributed by atoms with van der Waals surface area (Å²) in [5, 5.41) is 0.532. The van der Waals surface area contributed by atoms with E-state index < -0.39 is 6.36 Å². The van der Waals surface area contributed by atoms with E-state index in [1.54, 1.807) is 18.2 Å². The summed E-state index contributed by atoms with van der Waals surface area (Å²) in [6, 6.07) is 11.1. The Kier molecular flexibility index (Phi) is 4.32. The summed E-state index contributed by atoms with van der Waals surface area (Å²) in [4.78, 5) is 1.92. The fraction of sp³-hybridized carbons (Fsp3) is 0.200. The maximum absolute atomic E-state index is 12.1. The van der Waals surface area contributed by atoms with Gasteiger partial charge >= 0.3 is 6.36 Å². The van der Waals surface area contributed by atoms with Gasteiger partial charge in [-0.2, -0.15) is 0 Å². The van der Waals surface area contributed by atoms with Crippen LogP contribution in [-0.4, -0.2) is 20.5 Å². The molecule has 112 valence electrons. The van der Waals surface area contributed by atoms with Gasteiger partial charge in [-0.1, -0.05) is 23.7 Å². The van der Waals surface area contributed by atoms with Crippen LogP contribution in [0.3, 0.4) is 0 Å². The second-order valence-electron chi connectivity index (χ2n) is 4.63. The van der Waals surface area contributed by atoms with E-state index in [1.807, 2.05) is 31.1 Å². The quantitative estimate of drug-likeness (QED) is 0.792. The van der Waals surface area contributed by atoms with Crippen LogP contribution in [0, 0.1) is 0 Å². The number of anilines is 1. The first-order valence-corrected chi connectivity index (χ1v) is 6.47. The first-order chi connectivity index (χ1) is 9.76. The molecule has 0 saturated heterocycles. The fourth-order valence-electron chi connectivity index (χ4n) is 1.85. The molecule has 0 aromatic heterocycles. The minimum atomic E-state index is -4.69. The topological polar surface area (TPSA) is 12.5 Å². The molecule has 0 radical (unpaired) electrons. The number of hydrogen-bond donors (Lipinski definition) is 0. The lowest BCUT2D eigenvalue weighted by atomic mass is 10.0. The largest absolute Gasteiger partial charge is 0.573 e. The minimum Gasteiger partial charge on any atom is -0.406 e. The highest BCUT2D eigenvalue weighted by Crippen LogP contribution is 2.33. The van der Waals surface area contributed by atoms with Gasteiger partial charge in [0.2, 0.25) is 0 Å². The monoisotopic (exact) mass is 315 g/mol. The average molecular weight is 316 g/mol. The van der Waals surface area contributed by atoms with Crippen molar-refractivity contribution in [2.24, 2.45) is 0 Å². The van der Waals surface area contributed by atoms with E-state index in [1.165, 1.54) is 12.1 Å². The van der Waals surface area contributed by atoms with Crippen LogP contribution in [0.5, 0.6) is 5.75 Å². The van der Waals surface area contributed by atoms with Gasteiger partial charge in [-0.15, -0.1) is 13.2 Å². The Morgan fingerprint density at radius 3 is 2.14 bits per heavy atom. The van der Waals surface area contributed by atoms with Gasteiger partial charge < -0.3 is 9.64 Å². The Labute approximate surface area is 125 Å². The van der Waals surface area contributed by atoms with Crippen molar-refractivity contribution in [3.8, 4) is 16.9 Å². The number of alkyl halides is 3. The normalized spacial score (nSPS) is 11.3. The highest BCUT2D eigenvalue weighted by Gasteiger charge is 2.30. The van der Waals surface area contributed by atoms with Gasteiger partial charge in [0, 0.05) is 30.4 Å². The molecule has 0 unspecified atom stereocenters. The Morgan fingerprint density at radius 1 is 1.00 bits per heavy atom. The zero-order chi connectivity index (χ0) is 15.6. The standard InChI is InChI=1S/C15H13ClF3NO/c1-20(2)11-5-8-14(16)13(9-11)10-3-6-12(7-4-10)21-15(17,18)19/h3-9H,1-2H3. The lowest BCUT2D eigenvalue weighted by Crippen LogP contribution is -2.16. The molecule has 0 aliphatic heterocycles. The molecule has 0 N–H and O–H groups in total. The molecular weight excluding hydrogens is 303 g/mol. The molecule has 2 aromatic rings. The van der Waals surface area contributed by atoms with Crippen molar-refractivity contribution in [2.45, 2.75) is 6.36 Å². The average Bonchev–Trinajstić information content (AvgIpc) is 2.38. The lowest BCUT2D eigenvalue weighted by molar-refractivity contribution is -0.274. The van der Waals surface area contributed by atoms with E-state index in [0.717, 1.165) is 16.8 Å². The molecule has 0 spiro atoms. The van der Waals surface area contributed by atoms with Crippen molar-refractivity contribution in [3.63, 3.8) is 0 Å². The third-order valence-corrected chi connectivity index (χ3v) is 3.19. The van der Waals surface area contributed by atoms with Gasteiger partial charge in [0.1, 0.15) is 5.75 Å². The minimum absolute atomic E-state index is 0.258. The summed E-state index contributed by atoms with van der Waals surface area (Å²) in [6.07, 6.45) is -4.69. The van der Waals surface area contributed by atoms with Crippen LogP contribution in [0.15, 0.2) is 42.5 Å². The van der Waals surface area contributed by atoms with Crippen LogP contribution in [0.25, 0.3) is 11.1 Å². The van der Waals surface area contributed by atoms with Gasteiger partial charge in [-0.3, -0.25) is 0 Å². The summed E-state index contributed by atoms with van der Waals surface area (Å²) < 4.78 is 40.2. The van der Waals surface area contributed by atoms with E-state index in [-0.39, 0.29) is 5.75 Å². The number of ether oxygens (including phenoxy) is 1. The molecule has 0 fully saturated rings. The van der Waals surface area contributed by atoms with Crippen molar-refractivity contribution < 1.29 is 17.9 Å². The lowest BCUT2D eigenvalue weighted by Gasteiger charge is -2.15. The second-order valence-corrected chi connectivity index (χ2v) is 5.04. The van der Waals surface area contributed by atoms with Crippen LogP contribution in [-0.2, 0) is 0 Å². The Bertz CT molecular complexity index is 624. The fourth-order valence-corrected chi connectivity index (χ4v) is 2.08. The molecular formula is C15H13ClF3NO. The Balaban J connectivity index is 2.32. The van der Waals surface area contributed by atoms with E-state index in [2.05, 4.69) is 4.74 Å². The van der Waals surface area contributed by atoms with Gasteiger partial charge in [0.05, 0.1) is 0 Å². The number of halogens is 4. The molecule has 0 bridgehead atoms. The SMILES string of the molecule is CN(C)c1ccc(Cl)c(-c2ccc(OC(F)(F)F)cc2)c1. The summed E-state index contributed by atoms with van der Waals surface area (Å²) >= 11 is 6.15. The van der Waals surface area contributed by atoms with Crippen molar-refractivity contribution >= 4 is 17.3 Å². The number of benzene rings is 2. The highest BCUT2D eigenvalue weighted by atomic mass is 35.5. The second kappa shape index (κ2) is 5.85. The summed E-state index contributed by atoms with van der Waals surface area (Å²) in [5.41, 5.74) is 2.42. The molecule has 0 heterocycles. The smallest absolute Gasteiger partial charge is 0.406 e. The van der Waals surface area contributed by atoms with Gasteiger partial charge in [-0.05, 0) is 35.9 Å². The van der Waals surface area contributed by atoms with Crippen molar-refractivity contribution in [3.05, 3.63) is 47.5 Å². The zero-order valence-corrected chi connectivity index (χ0v) is 12.2. The maximum atomic E-state index is 12.1. The summed E-state index contributed by atoms with van der Waals surface area (Å²) in [7, 11) is 3.79. The molecule has 2 rings (SSSR count).